The number of aromatic nitrogens is 2. The highest BCUT2D eigenvalue weighted by atomic mass is 35.5. The molecule has 0 spiro atoms. The predicted octanol–water partition coefficient (Wildman–Crippen LogP) is 7.40. The summed E-state index contributed by atoms with van der Waals surface area (Å²) in [7, 11) is 0. The Bertz CT molecular complexity index is 1500. The van der Waals surface area contributed by atoms with Crippen LogP contribution in [0.25, 0.3) is 27.5 Å². The summed E-state index contributed by atoms with van der Waals surface area (Å²) in [5, 5.41) is 3.71. The maximum atomic E-state index is 13.9. The zero-order valence-electron chi connectivity index (χ0n) is 19.0. The van der Waals surface area contributed by atoms with E-state index >= 15 is 0 Å². The molecule has 2 aromatic heterocycles. The van der Waals surface area contributed by atoms with Crippen LogP contribution in [-0.4, -0.2) is 15.3 Å². The number of ketones is 1. The molecule has 4 nitrogen and oxygen atoms in total. The Morgan fingerprint density at radius 3 is 2.41 bits per heavy atom. The number of aryl methyl sites for hydroxylation is 1. The van der Waals surface area contributed by atoms with Gasteiger partial charge in [-0.3, -0.25) is 14.2 Å². The number of rotatable bonds is 3. The molecule has 0 bridgehead atoms. The molecule has 7 heteroatoms. The topological polar surface area (TPSA) is 52.0 Å². The van der Waals surface area contributed by atoms with Crippen molar-refractivity contribution < 1.29 is 4.79 Å². The molecule has 0 saturated heterocycles. The van der Waals surface area contributed by atoms with E-state index in [4.69, 9.17) is 28.2 Å². The van der Waals surface area contributed by atoms with Gasteiger partial charge < -0.3 is 0 Å². The van der Waals surface area contributed by atoms with Crippen molar-refractivity contribution in [1.82, 2.24) is 9.55 Å². The SMILES string of the molecule is Cc1ccc(-n2c3c(cc(-c4nc(-c5ccc(Cl)cc5)cs4)c2=O)C(=O)CC(C)(C)C3)cc1Cl. The number of fused-ring (bicyclic) bond motifs is 1. The Kier molecular flexibility index (Phi) is 5.75. The highest BCUT2D eigenvalue weighted by Crippen LogP contribution is 2.37. The number of carbonyl (C=O) groups is 1. The molecule has 2 aromatic carbocycles. The molecule has 0 amide bonds. The summed E-state index contributed by atoms with van der Waals surface area (Å²) in [5.74, 6) is 0.0361. The first-order chi connectivity index (χ1) is 16.1. The van der Waals surface area contributed by atoms with Crippen LogP contribution in [0, 0.1) is 12.3 Å². The Morgan fingerprint density at radius 2 is 1.71 bits per heavy atom. The largest absolute Gasteiger partial charge is 0.294 e. The van der Waals surface area contributed by atoms with Crippen molar-refractivity contribution in [1.29, 1.82) is 0 Å². The summed E-state index contributed by atoms with van der Waals surface area (Å²) in [5.41, 5.74) is 4.51. The van der Waals surface area contributed by atoms with Crippen molar-refractivity contribution in [2.45, 2.75) is 33.6 Å². The van der Waals surface area contributed by atoms with Crippen LogP contribution >= 0.6 is 34.5 Å². The third-order valence-corrected chi connectivity index (χ3v) is 7.71. The third kappa shape index (κ3) is 4.13. The van der Waals surface area contributed by atoms with E-state index in [-0.39, 0.29) is 16.8 Å². The molecule has 5 rings (SSSR count). The number of thiazole rings is 1. The van der Waals surface area contributed by atoms with Crippen molar-refractivity contribution in [3.63, 3.8) is 0 Å². The monoisotopic (exact) mass is 508 g/mol. The molecule has 1 aliphatic rings. The van der Waals surface area contributed by atoms with Crippen LogP contribution in [0.15, 0.2) is 58.7 Å². The van der Waals surface area contributed by atoms with E-state index in [9.17, 15) is 9.59 Å². The van der Waals surface area contributed by atoms with Crippen molar-refractivity contribution in [2.24, 2.45) is 5.41 Å². The lowest BCUT2D eigenvalue weighted by Gasteiger charge is -2.32. The molecule has 2 heterocycles. The molecule has 0 radical (unpaired) electrons. The number of hydrogen-bond donors (Lipinski definition) is 0. The van der Waals surface area contributed by atoms with Gasteiger partial charge in [0.15, 0.2) is 5.78 Å². The molecule has 0 unspecified atom stereocenters. The van der Waals surface area contributed by atoms with Gasteiger partial charge in [0.2, 0.25) is 0 Å². The minimum Gasteiger partial charge on any atom is -0.294 e. The van der Waals surface area contributed by atoms with Crippen LogP contribution in [0.1, 0.15) is 41.9 Å². The Morgan fingerprint density at radius 1 is 0.971 bits per heavy atom. The maximum Gasteiger partial charge on any atom is 0.265 e. The van der Waals surface area contributed by atoms with Crippen molar-refractivity contribution in [2.75, 3.05) is 0 Å². The van der Waals surface area contributed by atoms with Crippen molar-refractivity contribution >= 4 is 40.3 Å². The first-order valence-electron chi connectivity index (χ1n) is 10.9. The van der Waals surface area contributed by atoms with Gasteiger partial charge in [-0.25, -0.2) is 4.98 Å². The van der Waals surface area contributed by atoms with Crippen LogP contribution in [0.4, 0.5) is 0 Å². The molecular formula is C27H22Cl2N2O2S. The smallest absolute Gasteiger partial charge is 0.265 e. The van der Waals surface area contributed by atoms with E-state index < -0.39 is 0 Å². The molecule has 0 N–H and O–H groups in total. The normalized spacial score (nSPS) is 14.8. The van der Waals surface area contributed by atoms with Crippen LogP contribution < -0.4 is 5.56 Å². The van der Waals surface area contributed by atoms with Crippen LogP contribution in [0.3, 0.4) is 0 Å². The predicted molar refractivity (Wildman–Crippen MR) is 140 cm³/mol. The highest BCUT2D eigenvalue weighted by molar-refractivity contribution is 7.13. The second-order valence-corrected chi connectivity index (χ2v) is 11.2. The summed E-state index contributed by atoms with van der Waals surface area (Å²) in [6.45, 7) is 6.02. The van der Waals surface area contributed by atoms with E-state index in [1.807, 2.05) is 48.7 Å². The third-order valence-electron chi connectivity index (χ3n) is 6.18. The maximum absolute atomic E-state index is 13.9. The van der Waals surface area contributed by atoms with Gasteiger partial charge in [0.1, 0.15) is 5.01 Å². The average molecular weight is 509 g/mol. The standard InChI is InChI=1S/C27H22Cl2N2O2S/c1-15-4-9-18(10-21(15)29)31-23-12-27(2,3)13-24(32)19(23)11-20(26(31)33)25-30-22(14-34-25)16-5-7-17(28)8-6-16/h4-11,14H,12-13H2,1-3H3. The fourth-order valence-electron chi connectivity index (χ4n) is 4.41. The van der Waals surface area contributed by atoms with E-state index in [1.54, 1.807) is 16.7 Å². The fourth-order valence-corrected chi connectivity index (χ4v) is 5.55. The van der Waals surface area contributed by atoms with Gasteiger partial charge in [0.25, 0.3) is 5.56 Å². The van der Waals surface area contributed by atoms with Crippen LogP contribution in [0.5, 0.6) is 0 Å². The first kappa shape index (κ1) is 23.0. The van der Waals surface area contributed by atoms with Gasteiger partial charge in [0, 0.05) is 38.7 Å². The average Bonchev–Trinajstić information content (AvgIpc) is 3.25. The quantitative estimate of drug-likeness (QED) is 0.289. The molecule has 0 fully saturated rings. The Balaban J connectivity index is 1.73. The van der Waals surface area contributed by atoms with Gasteiger partial charge in [0.05, 0.1) is 16.9 Å². The highest BCUT2D eigenvalue weighted by Gasteiger charge is 2.34. The Hall–Kier alpha value is -2.73. The van der Waals surface area contributed by atoms with E-state index in [0.717, 1.165) is 22.5 Å². The van der Waals surface area contributed by atoms with E-state index in [1.165, 1.54) is 11.3 Å². The van der Waals surface area contributed by atoms with Gasteiger partial charge in [-0.1, -0.05) is 55.2 Å². The number of hydrogen-bond acceptors (Lipinski definition) is 4. The van der Waals surface area contributed by atoms with Crippen molar-refractivity contribution in [3.05, 3.63) is 91.1 Å². The van der Waals surface area contributed by atoms with Crippen molar-refractivity contribution in [3.8, 4) is 27.5 Å². The second-order valence-electron chi connectivity index (χ2n) is 9.48. The summed E-state index contributed by atoms with van der Waals surface area (Å²) in [4.78, 5) is 31.8. The fraction of sp³-hybridized carbons (Fsp3) is 0.222. The Labute approximate surface area is 211 Å². The zero-order valence-corrected chi connectivity index (χ0v) is 21.3. The molecule has 172 valence electrons. The summed E-state index contributed by atoms with van der Waals surface area (Å²) < 4.78 is 1.65. The number of nitrogens with zero attached hydrogens (tertiary/aromatic N) is 2. The van der Waals surface area contributed by atoms with E-state index in [0.29, 0.717) is 44.7 Å². The lowest BCUT2D eigenvalue weighted by Crippen LogP contribution is -2.34. The molecule has 4 aromatic rings. The lowest BCUT2D eigenvalue weighted by molar-refractivity contribution is 0.0909. The van der Waals surface area contributed by atoms with E-state index in [2.05, 4.69) is 13.8 Å². The minimum absolute atomic E-state index is 0.0361. The van der Waals surface area contributed by atoms with Crippen LogP contribution in [-0.2, 0) is 6.42 Å². The molecule has 1 aliphatic carbocycles. The molecular weight excluding hydrogens is 487 g/mol. The molecule has 0 saturated carbocycles. The number of pyridine rings is 1. The van der Waals surface area contributed by atoms with Gasteiger partial charge >= 0.3 is 0 Å². The summed E-state index contributed by atoms with van der Waals surface area (Å²) in [6, 6.07) is 14.7. The molecule has 34 heavy (non-hydrogen) atoms. The molecule has 0 aliphatic heterocycles. The molecule has 0 atom stereocenters. The zero-order chi connectivity index (χ0) is 24.2. The minimum atomic E-state index is -0.239. The summed E-state index contributed by atoms with van der Waals surface area (Å²) >= 11 is 13.8. The first-order valence-corrected chi connectivity index (χ1v) is 12.6. The number of Topliss-reactive ketones (excluding diaryl/α,β-unsaturated/α-hetero) is 1. The number of halogens is 2. The lowest BCUT2D eigenvalue weighted by atomic mass is 9.75. The number of benzene rings is 2. The van der Waals surface area contributed by atoms with Crippen LogP contribution in [0.2, 0.25) is 10.0 Å². The summed E-state index contributed by atoms with van der Waals surface area (Å²) in [6.07, 6.45) is 1.04. The van der Waals surface area contributed by atoms with Gasteiger partial charge in [-0.15, -0.1) is 11.3 Å². The number of carbonyl (C=O) groups excluding carboxylic acids is 1. The second kappa shape index (κ2) is 8.49. The van der Waals surface area contributed by atoms with Gasteiger partial charge in [-0.05, 0) is 54.7 Å². The van der Waals surface area contributed by atoms with Gasteiger partial charge in [-0.2, -0.15) is 0 Å².